The molecule has 0 amide bonds. The molecular weight excluding hydrogens is 258 g/mol. The van der Waals surface area contributed by atoms with Crippen LogP contribution >= 0.6 is 11.7 Å². The van der Waals surface area contributed by atoms with Crippen molar-refractivity contribution in [2.24, 2.45) is 0 Å². The highest BCUT2D eigenvalue weighted by Crippen LogP contribution is 2.27. The SMILES string of the molecule is C#CCCCCOc1nsnc1C1=CCCN(C)C1. The molecule has 1 aromatic rings. The highest BCUT2D eigenvalue weighted by molar-refractivity contribution is 6.99. The summed E-state index contributed by atoms with van der Waals surface area (Å²) in [6, 6.07) is 0. The van der Waals surface area contributed by atoms with Crippen LogP contribution in [0.3, 0.4) is 0 Å². The van der Waals surface area contributed by atoms with Crippen LogP contribution in [0.4, 0.5) is 0 Å². The molecule has 1 aromatic heterocycles. The molecule has 0 fully saturated rings. The van der Waals surface area contributed by atoms with Crippen LogP contribution in [0, 0.1) is 12.3 Å². The third kappa shape index (κ3) is 4.05. The highest BCUT2D eigenvalue weighted by atomic mass is 32.1. The topological polar surface area (TPSA) is 38.3 Å². The first-order chi connectivity index (χ1) is 9.31. The Morgan fingerprint density at radius 2 is 2.37 bits per heavy atom. The molecule has 0 spiro atoms. The zero-order valence-corrected chi connectivity index (χ0v) is 12.1. The van der Waals surface area contributed by atoms with Gasteiger partial charge in [0.25, 0.3) is 5.88 Å². The van der Waals surface area contributed by atoms with Gasteiger partial charge in [-0.1, -0.05) is 6.08 Å². The molecule has 0 saturated carbocycles. The van der Waals surface area contributed by atoms with Crippen molar-refractivity contribution in [1.82, 2.24) is 13.6 Å². The largest absolute Gasteiger partial charge is 0.475 e. The lowest BCUT2D eigenvalue weighted by Crippen LogP contribution is -2.25. The number of ether oxygens (including phenoxy) is 1. The Labute approximate surface area is 118 Å². The van der Waals surface area contributed by atoms with Crippen LogP contribution in [-0.2, 0) is 0 Å². The van der Waals surface area contributed by atoms with Gasteiger partial charge in [0.15, 0.2) is 0 Å². The van der Waals surface area contributed by atoms with E-state index < -0.39 is 0 Å². The molecule has 1 aliphatic rings. The van der Waals surface area contributed by atoms with Crippen LogP contribution < -0.4 is 4.74 Å². The standard InChI is InChI=1S/C14H19N3OS/c1-3-4-5-6-10-18-14-13(15-19-16-14)12-8-7-9-17(2)11-12/h1,8H,4-7,9-11H2,2H3. The summed E-state index contributed by atoms with van der Waals surface area (Å²) in [5.41, 5.74) is 2.13. The fourth-order valence-corrected chi connectivity index (χ4v) is 2.57. The maximum absolute atomic E-state index is 5.72. The van der Waals surface area contributed by atoms with Crippen molar-refractivity contribution in [2.45, 2.75) is 25.7 Å². The average molecular weight is 277 g/mol. The van der Waals surface area contributed by atoms with Gasteiger partial charge >= 0.3 is 0 Å². The van der Waals surface area contributed by atoms with Gasteiger partial charge < -0.3 is 9.64 Å². The van der Waals surface area contributed by atoms with Gasteiger partial charge in [-0.2, -0.15) is 4.37 Å². The van der Waals surface area contributed by atoms with Crippen molar-refractivity contribution in [3.05, 3.63) is 11.8 Å². The Bertz CT molecular complexity index is 475. The zero-order valence-electron chi connectivity index (χ0n) is 11.3. The maximum Gasteiger partial charge on any atom is 0.253 e. The summed E-state index contributed by atoms with van der Waals surface area (Å²) in [6.45, 7) is 2.67. The van der Waals surface area contributed by atoms with Crippen molar-refractivity contribution >= 4 is 17.3 Å². The van der Waals surface area contributed by atoms with E-state index in [2.05, 4.69) is 32.7 Å². The van der Waals surface area contributed by atoms with E-state index in [1.165, 1.54) is 17.3 Å². The third-order valence-electron chi connectivity index (χ3n) is 3.06. The summed E-state index contributed by atoms with van der Waals surface area (Å²) in [5.74, 6) is 3.31. The molecule has 5 heteroatoms. The smallest absolute Gasteiger partial charge is 0.253 e. The normalized spacial score (nSPS) is 15.9. The predicted octanol–water partition coefficient (Wildman–Crippen LogP) is 2.44. The lowest BCUT2D eigenvalue weighted by molar-refractivity contribution is 0.297. The predicted molar refractivity (Wildman–Crippen MR) is 78.2 cm³/mol. The molecule has 2 heterocycles. The molecule has 0 unspecified atom stereocenters. The van der Waals surface area contributed by atoms with Crippen molar-refractivity contribution in [2.75, 3.05) is 26.7 Å². The number of hydrogen-bond donors (Lipinski definition) is 0. The van der Waals surface area contributed by atoms with Gasteiger partial charge in [-0.15, -0.1) is 16.7 Å². The molecule has 0 atom stereocenters. The Morgan fingerprint density at radius 3 is 3.16 bits per heavy atom. The van der Waals surface area contributed by atoms with Gasteiger partial charge in [0.05, 0.1) is 18.3 Å². The number of unbranched alkanes of at least 4 members (excludes halogenated alkanes) is 2. The van der Waals surface area contributed by atoms with Gasteiger partial charge in [-0.25, -0.2) is 0 Å². The van der Waals surface area contributed by atoms with E-state index in [1.807, 2.05) is 0 Å². The quantitative estimate of drug-likeness (QED) is 0.591. The van der Waals surface area contributed by atoms with E-state index in [9.17, 15) is 0 Å². The van der Waals surface area contributed by atoms with Crippen LogP contribution in [0.5, 0.6) is 5.88 Å². The first kappa shape index (κ1) is 14.0. The van der Waals surface area contributed by atoms with Crippen molar-refractivity contribution in [3.63, 3.8) is 0 Å². The second kappa shape index (κ2) is 7.27. The summed E-state index contributed by atoms with van der Waals surface area (Å²) in [4.78, 5) is 2.28. The van der Waals surface area contributed by atoms with Crippen LogP contribution in [-0.4, -0.2) is 40.4 Å². The lowest BCUT2D eigenvalue weighted by Gasteiger charge is -2.22. The monoisotopic (exact) mass is 277 g/mol. The highest BCUT2D eigenvalue weighted by Gasteiger charge is 2.18. The van der Waals surface area contributed by atoms with E-state index in [1.54, 1.807) is 0 Å². The van der Waals surface area contributed by atoms with Crippen LogP contribution in [0.15, 0.2) is 6.08 Å². The molecule has 0 bridgehead atoms. The first-order valence-electron chi connectivity index (χ1n) is 6.58. The molecule has 19 heavy (non-hydrogen) atoms. The van der Waals surface area contributed by atoms with Gasteiger partial charge in [0.2, 0.25) is 0 Å². The summed E-state index contributed by atoms with van der Waals surface area (Å²) < 4.78 is 14.3. The summed E-state index contributed by atoms with van der Waals surface area (Å²) in [7, 11) is 2.12. The van der Waals surface area contributed by atoms with Crippen LogP contribution in [0.1, 0.15) is 31.4 Å². The molecule has 0 radical (unpaired) electrons. The maximum atomic E-state index is 5.72. The molecule has 0 saturated heterocycles. The summed E-state index contributed by atoms with van der Waals surface area (Å²) >= 11 is 1.21. The Morgan fingerprint density at radius 1 is 1.47 bits per heavy atom. The Hall–Kier alpha value is -1.38. The Balaban J connectivity index is 1.91. The van der Waals surface area contributed by atoms with Crippen LogP contribution in [0.2, 0.25) is 0 Å². The Kier molecular flexibility index (Phi) is 5.37. The average Bonchev–Trinajstić information content (AvgIpc) is 2.87. The summed E-state index contributed by atoms with van der Waals surface area (Å²) in [5, 5.41) is 0. The van der Waals surface area contributed by atoms with Gasteiger partial charge in [0, 0.05) is 19.5 Å². The second-order valence-electron chi connectivity index (χ2n) is 4.68. The fraction of sp³-hybridized carbons (Fsp3) is 0.571. The zero-order chi connectivity index (χ0) is 13.5. The fourth-order valence-electron chi connectivity index (χ4n) is 2.03. The van der Waals surface area contributed by atoms with Crippen molar-refractivity contribution < 1.29 is 4.74 Å². The van der Waals surface area contributed by atoms with E-state index >= 15 is 0 Å². The van der Waals surface area contributed by atoms with E-state index in [-0.39, 0.29) is 0 Å². The van der Waals surface area contributed by atoms with E-state index in [0.717, 1.165) is 44.5 Å². The second-order valence-corrected chi connectivity index (χ2v) is 5.21. The number of terminal acetylenes is 1. The molecule has 0 aliphatic carbocycles. The minimum Gasteiger partial charge on any atom is -0.475 e. The van der Waals surface area contributed by atoms with Crippen molar-refractivity contribution in [3.8, 4) is 18.2 Å². The molecular formula is C14H19N3OS. The number of aromatic nitrogens is 2. The number of nitrogens with zero attached hydrogens (tertiary/aromatic N) is 3. The first-order valence-corrected chi connectivity index (χ1v) is 7.31. The van der Waals surface area contributed by atoms with Gasteiger partial charge in [-0.05, 0) is 31.9 Å². The molecule has 0 N–H and O–H groups in total. The molecule has 102 valence electrons. The molecule has 4 nitrogen and oxygen atoms in total. The molecule has 1 aliphatic heterocycles. The van der Waals surface area contributed by atoms with Gasteiger partial charge in [0.1, 0.15) is 5.69 Å². The molecule has 0 aromatic carbocycles. The van der Waals surface area contributed by atoms with Crippen LogP contribution in [0.25, 0.3) is 5.57 Å². The summed E-state index contributed by atoms with van der Waals surface area (Å²) in [6.07, 6.45) is 11.3. The van der Waals surface area contributed by atoms with Gasteiger partial charge in [-0.3, -0.25) is 0 Å². The number of rotatable bonds is 6. The van der Waals surface area contributed by atoms with Crippen molar-refractivity contribution in [1.29, 1.82) is 0 Å². The molecule has 2 rings (SSSR count). The number of hydrogen-bond acceptors (Lipinski definition) is 5. The minimum absolute atomic E-state index is 0.656. The van der Waals surface area contributed by atoms with E-state index in [4.69, 9.17) is 11.2 Å². The lowest BCUT2D eigenvalue weighted by atomic mass is 10.1. The number of likely N-dealkylation sites (N-methyl/N-ethyl adjacent to an activating group) is 1. The van der Waals surface area contributed by atoms with E-state index in [0.29, 0.717) is 12.5 Å². The third-order valence-corrected chi connectivity index (χ3v) is 3.57. The minimum atomic E-state index is 0.656.